The maximum absolute atomic E-state index is 12.5. The molecule has 4 nitrogen and oxygen atoms in total. The first-order valence-corrected chi connectivity index (χ1v) is 7.72. The third-order valence-corrected chi connectivity index (χ3v) is 4.58. The van der Waals surface area contributed by atoms with Gasteiger partial charge in [0.15, 0.2) is 0 Å². The van der Waals surface area contributed by atoms with E-state index in [2.05, 4.69) is 9.97 Å². The molecule has 0 aliphatic carbocycles. The zero-order chi connectivity index (χ0) is 16.3. The standard InChI is InChI=1S/C20H12N2O2/c23-19-15-10-14-12-6-2-4-8-18(12)22-20(24)16(14)9-13(15)11-5-1-3-7-17(11)21-19/h1-10H,(H,21,23)(H,22,24). The van der Waals surface area contributed by atoms with E-state index in [4.69, 9.17) is 0 Å². The number of hydrogen-bond acceptors (Lipinski definition) is 2. The van der Waals surface area contributed by atoms with Crippen LogP contribution in [0.2, 0.25) is 0 Å². The van der Waals surface area contributed by atoms with Crippen LogP contribution in [0.3, 0.4) is 0 Å². The Bertz CT molecular complexity index is 1280. The van der Waals surface area contributed by atoms with Crippen LogP contribution in [0.1, 0.15) is 0 Å². The average molecular weight is 312 g/mol. The summed E-state index contributed by atoms with van der Waals surface area (Å²) >= 11 is 0. The highest BCUT2D eigenvalue weighted by molar-refractivity contribution is 6.15. The molecule has 0 atom stereocenters. The van der Waals surface area contributed by atoms with Gasteiger partial charge in [0.05, 0.1) is 0 Å². The number of fused-ring (bicyclic) bond motifs is 6. The summed E-state index contributed by atoms with van der Waals surface area (Å²) in [4.78, 5) is 30.9. The molecule has 5 rings (SSSR count). The third-order valence-electron chi connectivity index (χ3n) is 4.58. The van der Waals surface area contributed by atoms with E-state index in [0.29, 0.717) is 10.8 Å². The smallest absolute Gasteiger partial charge is 0.256 e. The zero-order valence-corrected chi connectivity index (χ0v) is 12.6. The van der Waals surface area contributed by atoms with E-state index in [1.165, 1.54) is 0 Å². The van der Waals surface area contributed by atoms with Crippen molar-refractivity contribution in [1.82, 2.24) is 9.97 Å². The highest BCUT2D eigenvalue weighted by atomic mass is 16.1. The summed E-state index contributed by atoms with van der Waals surface area (Å²) in [5.74, 6) is 0. The number of aromatic nitrogens is 2. The highest BCUT2D eigenvalue weighted by Crippen LogP contribution is 2.28. The molecule has 0 amide bonds. The Morgan fingerprint density at radius 2 is 0.917 bits per heavy atom. The molecule has 4 heteroatoms. The Morgan fingerprint density at radius 3 is 1.38 bits per heavy atom. The van der Waals surface area contributed by atoms with Gasteiger partial charge in [-0.25, -0.2) is 0 Å². The lowest BCUT2D eigenvalue weighted by Crippen LogP contribution is -2.09. The van der Waals surface area contributed by atoms with Gasteiger partial charge in [0.2, 0.25) is 0 Å². The Balaban J connectivity index is 2.13. The van der Waals surface area contributed by atoms with Crippen LogP contribution >= 0.6 is 0 Å². The molecule has 0 bridgehead atoms. The maximum atomic E-state index is 12.5. The predicted octanol–water partition coefficient (Wildman–Crippen LogP) is 3.68. The van der Waals surface area contributed by atoms with Gasteiger partial charge >= 0.3 is 0 Å². The summed E-state index contributed by atoms with van der Waals surface area (Å²) in [5.41, 5.74) is 1.25. The zero-order valence-electron chi connectivity index (χ0n) is 12.6. The number of nitrogens with one attached hydrogen (secondary N) is 2. The van der Waals surface area contributed by atoms with E-state index in [1.54, 1.807) is 0 Å². The summed E-state index contributed by atoms with van der Waals surface area (Å²) in [6, 6.07) is 18.9. The number of pyridine rings is 2. The highest BCUT2D eigenvalue weighted by Gasteiger charge is 2.11. The second-order valence-corrected chi connectivity index (χ2v) is 5.94. The number of aromatic amines is 2. The second kappa shape index (κ2) is 4.55. The van der Waals surface area contributed by atoms with Crippen LogP contribution in [0.4, 0.5) is 0 Å². The normalized spacial score (nSPS) is 11.7. The summed E-state index contributed by atoms with van der Waals surface area (Å²) < 4.78 is 0. The number of rotatable bonds is 0. The van der Waals surface area contributed by atoms with Gasteiger partial charge in [-0.15, -0.1) is 0 Å². The molecule has 5 aromatic rings. The van der Waals surface area contributed by atoms with Crippen molar-refractivity contribution in [3.63, 3.8) is 0 Å². The van der Waals surface area contributed by atoms with Crippen molar-refractivity contribution in [2.75, 3.05) is 0 Å². The molecule has 3 aromatic carbocycles. The molecule has 0 fully saturated rings. The van der Waals surface area contributed by atoms with Crippen molar-refractivity contribution in [3.8, 4) is 0 Å². The van der Waals surface area contributed by atoms with Crippen LogP contribution in [-0.4, -0.2) is 9.97 Å². The monoisotopic (exact) mass is 312 g/mol. The van der Waals surface area contributed by atoms with E-state index in [9.17, 15) is 9.59 Å². The topological polar surface area (TPSA) is 65.7 Å². The molecule has 2 N–H and O–H groups in total. The first kappa shape index (κ1) is 13.1. The van der Waals surface area contributed by atoms with Crippen LogP contribution in [0, 0.1) is 0 Å². The summed E-state index contributed by atoms with van der Waals surface area (Å²) in [7, 11) is 0. The Morgan fingerprint density at radius 1 is 0.500 bits per heavy atom. The van der Waals surface area contributed by atoms with Gasteiger partial charge in [-0.1, -0.05) is 36.4 Å². The predicted molar refractivity (Wildman–Crippen MR) is 97.7 cm³/mol. The van der Waals surface area contributed by atoms with E-state index in [1.807, 2.05) is 60.7 Å². The molecular weight excluding hydrogens is 300 g/mol. The van der Waals surface area contributed by atoms with Gasteiger partial charge in [-0.3, -0.25) is 9.59 Å². The number of para-hydroxylation sites is 2. The van der Waals surface area contributed by atoms with E-state index >= 15 is 0 Å². The molecule has 114 valence electrons. The van der Waals surface area contributed by atoms with E-state index in [0.717, 1.165) is 32.6 Å². The van der Waals surface area contributed by atoms with Crippen molar-refractivity contribution in [3.05, 3.63) is 81.4 Å². The molecule has 0 saturated heterocycles. The minimum absolute atomic E-state index is 0.144. The Hall–Kier alpha value is -3.40. The number of hydrogen-bond donors (Lipinski definition) is 2. The van der Waals surface area contributed by atoms with Crippen molar-refractivity contribution in [2.24, 2.45) is 0 Å². The second-order valence-electron chi connectivity index (χ2n) is 5.94. The SMILES string of the molecule is O=c1[nH]c2ccccc2c2cc3c(=O)[nH]c4ccccc4c3cc12. The minimum Gasteiger partial charge on any atom is -0.321 e. The summed E-state index contributed by atoms with van der Waals surface area (Å²) in [6.45, 7) is 0. The van der Waals surface area contributed by atoms with E-state index in [-0.39, 0.29) is 11.1 Å². The molecule has 0 radical (unpaired) electrons. The van der Waals surface area contributed by atoms with Crippen LogP contribution in [-0.2, 0) is 0 Å². The molecule has 24 heavy (non-hydrogen) atoms. The third kappa shape index (κ3) is 1.68. The van der Waals surface area contributed by atoms with Crippen LogP contribution in [0.5, 0.6) is 0 Å². The van der Waals surface area contributed by atoms with E-state index < -0.39 is 0 Å². The molecule has 0 saturated carbocycles. The summed E-state index contributed by atoms with van der Waals surface area (Å²) in [6.07, 6.45) is 0. The first-order chi connectivity index (χ1) is 11.7. The lowest BCUT2D eigenvalue weighted by molar-refractivity contribution is 1.34. The van der Waals surface area contributed by atoms with Gasteiger partial charge in [0, 0.05) is 32.6 Å². The largest absolute Gasteiger partial charge is 0.321 e. The van der Waals surface area contributed by atoms with Gasteiger partial charge in [0.1, 0.15) is 0 Å². The van der Waals surface area contributed by atoms with Crippen molar-refractivity contribution in [1.29, 1.82) is 0 Å². The van der Waals surface area contributed by atoms with Gasteiger partial charge < -0.3 is 9.97 Å². The lowest BCUT2D eigenvalue weighted by atomic mass is 10.00. The average Bonchev–Trinajstić information content (AvgIpc) is 2.61. The molecule has 0 aliphatic heterocycles. The fraction of sp³-hybridized carbons (Fsp3) is 0. The van der Waals surface area contributed by atoms with Gasteiger partial charge in [-0.05, 0) is 35.0 Å². The minimum atomic E-state index is -0.144. The first-order valence-electron chi connectivity index (χ1n) is 7.72. The van der Waals surface area contributed by atoms with Crippen LogP contribution in [0.25, 0.3) is 43.4 Å². The number of benzene rings is 3. The molecule has 2 heterocycles. The molecule has 0 unspecified atom stereocenters. The fourth-order valence-corrected chi connectivity index (χ4v) is 3.45. The molecule has 0 spiro atoms. The molecule has 0 aliphatic rings. The van der Waals surface area contributed by atoms with Crippen LogP contribution < -0.4 is 11.1 Å². The quantitative estimate of drug-likeness (QED) is 0.338. The summed E-state index contributed by atoms with van der Waals surface area (Å²) in [5, 5.41) is 4.64. The lowest BCUT2D eigenvalue weighted by Gasteiger charge is -2.08. The maximum Gasteiger partial charge on any atom is 0.256 e. The Kier molecular flexibility index (Phi) is 2.48. The van der Waals surface area contributed by atoms with Crippen molar-refractivity contribution in [2.45, 2.75) is 0 Å². The van der Waals surface area contributed by atoms with Gasteiger partial charge in [0.25, 0.3) is 11.1 Å². The van der Waals surface area contributed by atoms with Crippen molar-refractivity contribution >= 4 is 43.4 Å². The van der Waals surface area contributed by atoms with Gasteiger partial charge in [-0.2, -0.15) is 0 Å². The molecule has 2 aromatic heterocycles. The molecular formula is C20H12N2O2. The Labute approximate surface area is 135 Å². The fourth-order valence-electron chi connectivity index (χ4n) is 3.45. The van der Waals surface area contributed by atoms with Crippen LogP contribution in [0.15, 0.2) is 70.3 Å². The van der Waals surface area contributed by atoms with Crippen molar-refractivity contribution < 1.29 is 0 Å². The number of H-pyrrole nitrogens is 2.